The Kier molecular flexibility index (Phi) is 8.52. The molecule has 0 aromatic heterocycles. The van der Waals surface area contributed by atoms with Crippen LogP contribution in [0.1, 0.15) is 26.2 Å². The first-order valence-corrected chi connectivity index (χ1v) is 5.78. The first-order chi connectivity index (χ1) is 7.57. The SMILES string of the molecule is CCCCNC(=O)C(=O)NCCCN(C)C. The summed E-state index contributed by atoms with van der Waals surface area (Å²) in [5.41, 5.74) is 0. The van der Waals surface area contributed by atoms with Crippen molar-refractivity contribution >= 4 is 11.8 Å². The first-order valence-electron chi connectivity index (χ1n) is 5.78. The molecule has 2 amide bonds. The van der Waals surface area contributed by atoms with Crippen LogP contribution in [0.5, 0.6) is 0 Å². The van der Waals surface area contributed by atoms with Crippen molar-refractivity contribution < 1.29 is 9.59 Å². The summed E-state index contributed by atoms with van der Waals surface area (Å²) in [5, 5.41) is 5.16. The van der Waals surface area contributed by atoms with Crippen molar-refractivity contribution in [1.82, 2.24) is 15.5 Å². The van der Waals surface area contributed by atoms with Crippen LogP contribution in [-0.4, -0.2) is 50.4 Å². The van der Waals surface area contributed by atoms with Crippen molar-refractivity contribution in [3.05, 3.63) is 0 Å². The number of nitrogens with one attached hydrogen (secondary N) is 2. The summed E-state index contributed by atoms with van der Waals surface area (Å²) in [6.07, 6.45) is 2.76. The molecule has 0 fully saturated rings. The maximum atomic E-state index is 11.2. The monoisotopic (exact) mass is 229 g/mol. The van der Waals surface area contributed by atoms with E-state index in [0.717, 1.165) is 25.8 Å². The van der Waals surface area contributed by atoms with E-state index in [1.54, 1.807) is 0 Å². The normalized spacial score (nSPS) is 10.2. The zero-order chi connectivity index (χ0) is 12.4. The summed E-state index contributed by atoms with van der Waals surface area (Å²) < 4.78 is 0. The molecule has 0 saturated carbocycles. The van der Waals surface area contributed by atoms with E-state index in [-0.39, 0.29) is 0 Å². The van der Waals surface area contributed by atoms with Crippen LogP contribution in [0.4, 0.5) is 0 Å². The molecule has 0 aromatic carbocycles. The van der Waals surface area contributed by atoms with E-state index in [4.69, 9.17) is 0 Å². The van der Waals surface area contributed by atoms with E-state index >= 15 is 0 Å². The van der Waals surface area contributed by atoms with Crippen LogP contribution in [0.25, 0.3) is 0 Å². The van der Waals surface area contributed by atoms with Gasteiger partial charge in [-0.1, -0.05) is 13.3 Å². The summed E-state index contributed by atoms with van der Waals surface area (Å²) in [4.78, 5) is 24.5. The van der Waals surface area contributed by atoms with E-state index in [1.165, 1.54) is 0 Å². The van der Waals surface area contributed by atoms with Gasteiger partial charge in [-0.15, -0.1) is 0 Å². The van der Waals surface area contributed by atoms with E-state index < -0.39 is 11.8 Å². The number of nitrogens with zero attached hydrogens (tertiary/aromatic N) is 1. The standard InChI is InChI=1S/C11H23N3O2/c1-4-5-7-12-10(15)11(16)13-8-6-9-14(2)3/h4-9H2,1-3H3,(H,12,15)(H,13,16). The van der Waals surface area contributed by atoms with E-state index in [9.17, 15) is 9.59 Å². The molecule has 0 aromatic rings. The molecule has 5 nitrogen and oxygen atoms in total. The predicted octanol–water partition coefficient (Wildman–Crippen LogP) is -0.0294. The quantitative estimate of drug-likeness (QED) is 0.476. The third-order valence-electron chi connectivity index (χ3n) is 2.09. The minimum atomic E-state index is -0.533. The number of carbonyl (C=O) groups is 2. The fourth-order valence-electron chi connectivity index (χ4n) is 1.14. The van der Waals surface area contributed by atoms with Gasteiger partial charge in [-0.3, -0.25) is 9.59 Å². The van der Waals surface area contributed by atoms with Gasteiger partial charge in [0.1, 0.15) is 0 Å². The molecule has 16 heavy (non-hydrogen) atoms. The molecule has 5 heteroatoms. The number of rotatable bonds is 7. The molecule has 2 N–H and O–H groups in total. The molecule has 0 heterocycles. The Morgan fingerprint density at radius 2 is 1.50 bits per heavy atom. The molecule has 0 bridgehead atoms. The third kappa shape index (κ3) is 8.23. The van der Waals surface area contributed by atoms with E-state index in [2.05, 4.69) is 10.6 Å². The average Bonchev–Trinajstić information content (AvgIpc) is 2.24. The Bertz CT molecular complexity index is 217. The second kappa shape index (κ2) is 9.15. The van der Waals surface area contributed by atoms with Crippen LogP contribution in [-0.2, 0) is 9.59 Å². The lowest BCUT2D eigenvalue weighted by molar-refractivity contribution is -0.139. The second-order valence-electron chi connectivity index (χ2n) is 4.02. The first kappa shape index (κ1) is 14.9. The maximum Gasteiger partial charge on any atom is 0.309 e. The van der Waals surface area contributed by atoms with Gasteiger partial charge >= 0.3 is 11.8 Å². The van der Waals surface area contributed by atoms with Crippen LogP contribution in [0.3, 0.4) is 0 Å². The zero-order valence-electron chi connectivity index (χ0n) is 10.5. The summed E-state index contributed by atoms with van der Waals surface area (Å²) >= 11 is 0. The molecule has 0 aliphatic heterocycles. The molecule has 0 saturated heterocycles. The van der Waals surface area contributed by atoms with E-state index in [1.807, 2.05) is 25.9 Å². The number of amides is 2. The van der Waals surface area contributed by atoms with Gasteiger partial charge in [0, 0.05) is 13.1 Å². The largest absolute Gasteiger partial charge is 0.348 e. The predicted molar refractivity (Wildman–Crippen MR) is 64.1 cm³/mol. The van der Waals surface area contributed by atoms with Crippen molar-refractivity contribution in [2.75, 3.05) is 33.7 Å². The van der Waals surface area contributed by atoms with Crippen molar-refractivity contribution in [2.24, 2.45) is 0 Å². The minimum Gasteiger partial charge on any atom is -0.348 e. The Morgan fingerprint density at radius 3 is 1.94 bits per heavy atom. The topological polar surface area (TPSA) is 61.4 Å². The van der Waals surface area contributed by atoms with Gasteiger partial charge in [0.05, 0.1) is 0 Å². The highest BCUT2D eigenvalue weighted by molar-refractivity contribution is 6.35. The van der Waals surface area contributed by atoms with Gasteiger partial charge in [0.25, 0.3) is 0 Å². The van der Waals surface area contributed by atoms with Crippen molar-refractivity contribution in [1.29, 1.82) is 0 Å². The second-order valence-corrected chi connectivity index (χ2v) is 4.02. The van der Waals surface area contributed by atoms with Gasteiger partial charge < -0.3 is 15.5 Å². The molecule has 0 unspecified atom stereocenters. The number of carbonyl (C=O) groups excluding carboxylic acids is 2. The summed E-state index contributed by atoms with van der Waals surface area (Å²) in [7, 11) is 3.94. The van der Waals surface area contributed by atoms with Crippen molar-refractivity contribution in [2.45, 2.75) is 26.2 Å². The fourth-order valence-corrected chi connectivity index (χ4v) is 1.14. The number of hydrogen-bond donors (Lipinski definition) is 2. The minimum absolute atomic E-state index is 0.529. The number of unbranched alkanes of at least 4 members (excludes halogenated alkanes) is 1. The maximum absolute atomic E-state index is 11.2. The van der Waals surface area contributed by atoms with Crippen LogP contribution >= 0.6 is 0 Å². The molecule has 0 aliphatic carbocycles. The van der Waals surface area contributed by atoms with Crippen molar-refractivity contribution in [3.8, 4) is 0 Å². The molecular formula is C11H23N3O2. The molecule has 0 rings (SSSR count). The van der Waals surface area contributed by atoms with Crippen molar-refractivity contribution in [3.63, 3.8) is 0 Å². The van der Waals surface area contributed by atoms with Crippen LogP contribution in [0.2, 0.25) is 0 Å². The molecule has 0 spiro atoms. The Labute approximate surface area is 97.6 Å². The van der Waals surface area contributed by atoms with Crippen LogP contribution < -0.4 is 10.6 Å². The molecule has 0 atom stereocenters. The lowest BCUT2D eigenvalue weighted by Gasteiger charge is -2.09. The van der Waals surface area contributed by atoms with Crippen LogP contribution in [0.15, 0.2) is 0 Å². The highest BCUT2D eigenvalue weighted by atomic mass is 16.2. The van der Waals surface area contributed by atoms with Gasteiger partial charge in [-0.25, -0.2) is 0 Å². The Balaban J connectivity index is 3.52. The average molecular weight is 229 g/mol. The highest BCUT2D eigenvalue weighted by Crippen LogP contribution is 1.83. The van der Waals surface area contributed by atoms with Gasteiger partial charge in [-0.2, -0.15) is 0 Å². The lowest BCUT2D eigenvalue weighted by Crippen LogP contribution is -2.41. The van der Waals surface area contributed by atoms with Gasteiger partial charge in [0.15, 0.2) is 0 Å². The lowest BCUT2D eigenvalue weighted by atomic mass is 10.3. The highest BCUT2D eigenvalue weighted by Gasteiger charge is 2.10. The van der Waals surface area contributed by atoms with Crippen LogP contribution in [0, 0.1) is 0 Å². The summed E-state index contributed by atoms with van der Waals surface area (Å²) in [5.74, 6) is -1.06. The zero-order valence-corrected chi connectivity index (χ0v) is 10.5. The third-order valence-corrected chi connectivity index (χ3v) is 2.09. The molecular weight excluding hydrogens is 206 g/mol. The fraction of sp³-hybridized carbons (Fsp3) is 0.818. The molecule has 0 aliphatic rings. The Morgan fingerprint density at radius 1 is 1.00 bits per heavy atom. The number of hydrogen-bond acceptors (Lipinski definition) is 3. The smallest absolute Gasteiger partial charge is 0.309 e. The summed E-state index contributed by atoms with van der Waals surface area (Å²) in [6, 6.07) is 0. The van der Waals surface area contributed by atoms with Gasteiger partial charge in [0.2, 0.25) is 0 Å². The summed E-state index contributed by atoms with van der Waals surface area (Å²) in [6.45, 7) is 4.05. The molecule has 94 valence electrons. The molecule has 0 radical (unpaired) electrons. The Hall–Kier alpha value is -1.10. The van der Waals surface area contributed by atoms with Gasteiger partial charge in [-0.05, 0) is 33.5 Å². The van der Waals surface area contributed by atoms with E-state index in [0.29, 0.717) is 13.1 Å².